The third-order valence-corrected chi connectivity index (χ3v) is 1.45. The molecule has 1 radical (unpaired) electrons. The third kappa shape index (κ3) is 6.05. The number of unbranched alkanes of at least 4 members (excludes halogenated alkanes) is 1. The van der Waals surface area contributed by atoms with Crippen molar-refractivity contribution in [3.05, 3.63) is 0 Å². The molecule has 0 rings (SSSR count). The number of rotatable bonds is 6. The normalized spacial score (nSPS) is 13.5. The van der Waals surface area contributed by atoms with Gasteiger partial charge in [-0.15, -0.1) is 0 Å². The summed E-state index contributed by atoms with van der Waals surface area (Å²) in [6.07, 6.45) is 3.75. The highest BCUT2D eigenvalue weighted by Crippen LogP contribution is 2.02. The monoisotopic (exact) mass is 145 g/mol. The average molecular weight is 145 g/mol. The molecule has 0 fully saturated rings. The third-order valence-electron chi connectivity index (χ3n) is 1.45. The summed E-state index contributed by atoms with van der Waals surface area (Å²) in [5.41, 5.74) is 0. The topological polar surface area (TPSA) is 29.1 Å². The van der Waals surface area contributed by atoms with Crippen LogP contribution in [0.3, 0.4) is 0 Å². The summed E-state index contributed by atoms with van der Waals surface area (Å²) in [4.78, 5) is 0. The van der Waals surface area contributed by atoms with E-state index in [4.69, 9.17) is 4.74 Å². The SMILES string of the molecule is CCCCC(C)OCC[O]. The smallest absolute Gasteiger partial charge is 0.106 e. The van der Waals surface area contributed by atoms with Crippen molar-refractivity contribution < 1.29 is 9.84 Å². The van der Waals surface area contributed by atoms with Gasteiger partial charge in [-0.1, -0.05) is 19.8 Å². The van der Waals surface area contributed by atoms with Crippen LogP contribution in [-0.2, 0) is 9.84 Å². The van der Waals surface area contributed by atoms with E-state index in [2.05, 4.69) is 6.92 Å². The molecule has 0 aliphatic carbocycles. The zero-order chi connectivity index (χ0) is 7.82. The van der Waals surface area contributed by atoms with Crippen LogP contribution < -0.4 is 0 Å². The molecule has 2 heteroatoms. The maximum absolute atomic E-state index is 9.98. The fraction of sp³-hybridized carbons (Fsp3) is 1.00. The van der Waals surface area contributed by atoms with Crippen molar-refractivity contribution in [3.63, 3.8) is 0 Å². The first-order valence-corrected chi connectivity index (χ1v) is 4.01. The summed E-state index contributed by atoms with van der Waals surface area (Å²) >= 11 is 0. The number of hydrogen-bond donors (Lipinski definition) is 0. The molecule has 0 aromatic carbocycles. The quantitative estimate of drug-likeness (QED) is 0.562. The molecule has 0 aliphatic rings. The summed E-state index contributed by atoms with van der Waals surface area (Å²) in [7, 11) is 0. The van der Waals surface area contributed by atoms with E-state index in [0.717, 1.165) is 6.42 Å². The highest BCUT2D eigenvalue weighted by atomic mass is 16.5. The standard InChI is InChI=1S/C8H17O2/c1-3-4-5-8(2)10-7-6-9/h8H,3-7H2,1-2H3. The van der Waals surface area contributed by atoms with Gasteiger partial charge < -0.3 is 4.74 Å². The molecule has 0 aliphatic heterocycles. The van der Waals surface area contributed by atoms with Gasteiger partial charge in [0.25, 0.3) is 0 Å². The lowest BCUT2D eigenvalue weighted by Crippen LogP contribution is -2.10. The van der Waals surface area contributed by atoms with E-state index in [0.29, 0.717) is 6.61 Å². The van der Waals surface area contributed by atoms with Crippen LogP contribution in [-0.4, -0.2) is 19.3 Å². The van der Waals surface area contributed by atoms with Crippen molar-refractivity contribution in [2.75, 3.05) is 13.2 Å². The Morgan fingerprint density at radius 3 is 2.70 bits per heavy atom. The molecular formula is C8H17O2. The van der Waals surface area contributed by atoms with Gasteiger partial charge in [0.15, 0.2) is 0 Å². The summed E-state index contributed by atoms with van der Waals surface area (Å²) in [6.45, 7) is 4.42. The van der Waals surface area contributed by atoms with Gasteiger partial charge in [0, 0.05) is 0 Å². The Morgan fingerprint density at radius 1 is 1.50 bits per heavy atom. The van der Waals surface area contributed by atoms with Crippen molar-refractivity contribution in [1.82, 2.24) is 0 Å². The number of hydrogen-bond acceptors (Lipinski definition) is 1. The highest BCUT2D eigenvalue weighted by Gasteiger charge is 1.99. The van der Waals surface area contributed by atoms with Gasteiger partial charge in [-0.25, -0.2) is 5.11 Å². The zero-order valence-electron chi connectivity index (χ0n) is 6.93. The van der Waals surface area contributed by atoms with Gasteiger partial charge in [0.05, 0.1) is 12.7 Å². The van der Waals surface area contributed by atoms with Crippen molar-refractivity contribution in [2.24, 2.45) is 0 Å². The zero-order valence-corrected chi connectivity index (χ0v) is 6.93. The number of ether oxygens (including phenoxy) is 1. The molecular weight excluding hydrogens is 128 g/mol. The van der Waals surface area contributed by atoms with Gasteiger partial charge in [-0.2, -0.15) is 0 Å². The van der Waals surface area contributed by atoms with Crippen LogP contribution in [0.15, 0.2) is 0 Å². The minimum absolute atomic E-state index is 0.115. The maximum Gasteiger partial charge on any atom is 0.106 e. The van der Waals surface area contributed by atoms with Crippen LogP contribution in [0.5, 0.6) is 0 Å². The summed E-state index contributed by atoms with van der Waals surface area (Å²) < 4.78 is 5.18. The van der Waals surface area contributed by atoms with Gasteiger partial charge in [-0.05, 0) is 13.3 Å². The van der Waals surface area contributed by atoms with Crippen LogP contribution >= 0.6 is 0 Å². The lowest BCUT2D eigenvalue weighted by molar-refractivity contribution is 0.0164. The van der Waals surface area contributed by atoms with E-state index in [1.807, 2.05) is 6.92 Å². The Bertz CT molecular complexity index is 56.3. The van der Waals surface area contributed by atoms with Crippen LogP contribution in [0, 0.1) is 0 Å². The second-order valence-electron chi connectivity index (χ2n) is 2.53. The first kappa shape index (κ1) is 9.92. The van der Waals surface area contributed by atoms with Gasteiger partial charge in [-0.3, -0.25) is 0 Å². The second kappa shape index (κ2) is 7.03. The van der Waals surface area contributed by atoms with Crippen molar-refractivity contribution in [3.8, 4) is 0 Å². The molecule has 0 aromatic rings. The first-order chi connectivity index (χ1) is 4.81. The highest BCUT2D eigenvalue weighted by molar-refractivity contribution is 4.48. The van der Waals surface area contributed by atoms with Gasteiger partial charge in [0.1, 0.15) is 6.61 Å². The van der Waals surface area contributed by atoms with Crippen molar-refractivity contribution in [2.45, 2.75) is 39.2 Å². The summed E-state index contributed by atoms with van der Waals surface area (Å²) in [6, 6.07) is 0. The van der Waals surface area contributed by atoms with E-state index in [-0.39, 0.29) is 12.7 Å². The van der Waals surface area contributed by atoms with Crippen LogP contribution in [0.1, 0.15) is 33.1 Å². The minimum Gasteiger partial charge on any atom is -0.376 e. The molecule has 0 bridgehead atoms. The van der Waals surface area contributed by atoms with Crippen molar-refractivity contribution in [1.29, 1.82) is 0 Å². The molecule has 10 heavy (non-hydrogen) atoms. The lowest BCUT2D eigenvalue weighted by Gasteiger charge is -2.09. The first-order valence-electron chi connectivity index (χ1n) is 4.01. The van der Waals surface area contributed by atoms with E-state index in [1.165, 1.54) is 12.8 Å². The minimum atomic E-state index is -0.115. The molecule has 0 saturated carbocycles. The Kier molecular flexibility index (Phi) is 6.98. The molecule has 0 N–H and O–H groups in total. The molecule has 0 aromatic heterocycles. The molecule has 0 saturated heterocycles. The Morgan fingerprint density at radius 2 is 2.20 bits per heavy atom. The van der Waals surface area contributed by atoms with E-state index < -0.39 is 0 Å². The molecule has 0 amide bonds. The Hall–Kier alpha value is -0.0800. The average Bonchev–Trinajstić information content (AvgIpc) is 1.97. The van der Waals surface area contributed by atoms with E-state index in [9.17, 15) is 5.11 Å². The van der Waals surface area contributed by atoms with Crippen LogP contribution in [0.25, 0.3) is 0 Å². The van der Waals surface area contributed by atoms with Gasteiger partial charge in [0.2, 0.25) is 0 Å². The fourth-order valence-corrected chi connectivity index (χ4v) is 0.824. The predicted molar refractivity (Wildman–Crippen MR) is 40.5 cm³/mol. The Balaban J connectivity index is 3.00. The second-order valence-corrected chi connectivity index (χ2v) is 2.53. The molecule has 0 heterocycles. The molecule has 61 valence electrons. The maximum atomic E-state index is 9.98. The van der Waals surface area contributed by atoms with Crippen LogP contribution in [0.2, 0.25) is 0 Å². The van der Waals surface area contributed by atoms with Crippen LogP contribution in [0.4, 0.5) is 0 Å². The molecule has 1 unspecified atom stereocenters. The molecule has 0 spiro atoms. The lowest BCUT2D eigenvalue weighted by atomic mass is 10.2. The van der Waals surface area contributed by atoms with Crippen molar-refractivity contribution >= 4 is 0 Å². The largest absolute Gasteiger partial charge is 0.376 e. The van der Waals surface area contributed by atoms with Gasteiger partial charge >= 0.3 is 0 Å². The molecule has 1 atom stereocenters. The van der Waals surface area contributed by atoms with E-state index in [1.54, 1.807) is 0 Å². The summed E-state index contributed by atoms with van der Waals surface area (Å²) in [5.74, 6) is 0. The molecule has 2 nitrogen and oxygen atoms in total. The van der Waals surface area contributed by atoms with E-state index >= 15 is 0 Å². The predicted octanol–water partition coefficient (Wildman–Crippen LogP) is 2.01. The summed E-state index contributed by atoms with van der Waals surface area (Å²) in [5, 5.41) is 9.98. The fourth-order valence-electron chi connectivity index (χ4n) is 0.824. The Labute approximate surface area is 63.2 Å².